The summed E-state index contributed by atoms with van der Waals surface area (Å²) in [5.74, 6) is 0. The van der Waals surface area contributed by atoms with E-state index in [4.69, 9.17) is 5.73 Å². The highest BCUT2D eigenvalue weighted by Gasteiger charge is 2.18. The topological polar surface area (TPSA) is 106 Å². The molecule has 0 aliphatic carbocycles. The highest BCUT2D eigenvalue weighted by molar-refractivity contribution is 7.85. The third-order valence-corrected chi connectivity index (χ3v) is 5.41. The molecule has 0 saturated heterocycles. The van der Waals surface area contributed by atoms with E-state index in [2.05, 4.69) is 8.75 Å². The van der Waals surface area contributed by atoms with E-state index in [9.17, 15) is 13.0 Å². The fraction of sp³-hybridized carbons (Fsp3) is 0.0909. The molecule has 20 heavy (non-hydrogen) atoms. The number of aromatic nitrogens is 2. The molecule has 104 valence electrons. The average Bonchev–Trinajstić information content (AvgIpc) is 2.92. The van der Waals surface area contributed by atoms with Crippen LogP contribution in [0.1, 0.15) is 5.56 Å². The highest BCUT2D eigenvalue weighted by Crippen LogP contribution is 2.37. The molecule has 3 rings (SSSR count). The van der Waals surface area contributed by atoms with Gasteiger partial charge in [-0.1, -0.05) is 12.1 Å². The van der Waals surface area contributed by atoms with E-state index < -0.39 is 10.1 Å². The number of hydrogen-bond donors (Lipinski definition) is 2. The van der Waals surface area contributed by atoms with Gasteiger partial charge in [-0.2, -0.15) is 17.2 Å². The second-order valence-corrected chi connectivity index (χ2v) is 7.16. The van der Waals surface area contributed by atoms with Crippen molar-refractivity contribution in [3.05, 3.63) is 23.8 Å². The average molecular weight is 327 g/mol. The first-order valence-electron chi connectivity index (χ1n) is 5.47. The summed E-state index contributed by atoms with van der Waals surface area (Å²) < 4.78 is 40.4. The van der Waals surface area contributed by atoms with E-state index in [0.29, 0.717) is 21.8 Å². The molecule has 9 heteroatoms. The summed E-state index contributed by atoms with van der Waals surface area (Å²) in [6, 6.07) is 4.77. The Balaban J connectivity index is 2.28. The van der Waals surface area contributed by atoms with Crippen molar-refractivity contribution >= 4 is 48.4 Å². The van der Waals surface area contributed by atoms with Gasteiger partial charge in [-0.25, -0.2) is 0 Å². The number of benzene rings is 1. The fourth-order valence-corrected chi connectivity index (χ4v) is 4.21. The third kappa shape index (κ3) is 2.08. The largest absolute Gasteiger partial charge is 0.389 e. The third-order valence-electron chi connectivity index (χ3n) is 2.89. The number of fused-ring (bicyclic) bond motifs is 1. The summed E-state index contributed by atoms with van der Waals surface area (Å²) in [7, 11) is -4.27. The second-order valence-electron chi connectivity index (χ2n) is 4.21. The van der Waals surface area contributed by atoms with Gasteiger partial charge in [0.2, 0.25) is 0 Å². The zero-order chi connectivity index (χ0) is 14.5. The van der Waals surface area contributed by atoms with Crippen LogP contribution in [-0.2, 0) is 10.1 Å². The first kappa shape index (κ1) is 13.4. The van der Waals surface area contributed by atoms with Crippen LogP contribution in [0.25, 0.3) is 21.5 Å². The molecule has 0 saturated carbocycles. The fourth-order valence-electron chi connectivity index (χ4n) is 1.92. The van der Waals surface area contributed by atoms with E-state index >= 15 is 0 Å². The molecule has 0 amide bonds. The van der Waals surface area contributed by atoms with E-state index in [1.165, 1.54) is 29.1 Å². The Morgan fingerprint density at radius 2 is 2.00 bits per heavy atom. The maximum absolute atomic E-state index is 11.4. The maximum Gasteiger partial charge on any atom is 0.294 e. The molecular weight excluding hydrogens is 318 g/mol. The van der Waals surface area contributed by atoms with Crippen molar-refractivity contribution in [1.82, 2.24) is 8.75 Å². The van der Waals surface area contributed by atoms with Crippen molar-refractivity contribution in [2.24, 2.45) is 0 Å². The molecule has 3 aromatic rings. The van der Waals surface area contributed by atoms with Gasteiger partial charge in [0, 0.05) is 5.56 Å². The van der Waals surface area contributed by atoms with E-state index in [1.807, 2.05) is 0 Å². The van der Waals surface area contributed by atoms with Gasteiger partial charge in [-0.15, -0.1) is 0 Å². The molecule has 2 aromatic heterocycles. The first-order chi connectivity index (χ1) is 9.38. The standard InChI is InChI=1S/C11H9N3O3S3/c1-5-2-3-6(4-7(5)20(15,16)17)9-8-10(12)18-14-11(8)19-13-9/h2-4H,12H2,1H3,(H,15,16,17). The van der Waals surface area contributed by atoms with Crippen LogP contribution in [0.4, 0.5) is 5.00 Å². The molecule has 0 aliphatic heterocycles. The van der Waals surface area contributed by atoms with Crippen molar-refractivity contribution in [3.63, 3.8) is 0 Å². The number of aryl methyl sites for hydroxylation is 1. The van der Waals surface area contributed by atoms with Crippen molar-refractivity contribution in [1.29, 1.82) is 0 Å². The van der Waals surface area contributed by atoms with Gasteiger partial charge in [-0.05, 0) is 41.6 Å². The minimum atomic E-state index is -4.27. The van der Waals surface area contributed by atoms with Gasteiger partial charge in [-0.3, -0.25) is 4.55 Å². The van der Waals surface area contributed by atoms with Gasteiger partial charge >= 0.3 is 0 Å². The molecule has 0 unspecified atom stereocenters. The normalized spacial score (nSPS) is 12.1. The van der Waals surface area contributed by atoms with Crippen molar-refractivity contribution < 1.29 is 13.0 Å². The highest BCUT2D eigenvalue weighted by atomic mass is 32.2. The van der Waals surface area contributed by atoms with Crippen LogP contribution in [0.2, 0.25) is 0 Å². The van der Waals surface area contributed by atoms with Crippen molar-refractivity contribution in [2.75, 3.05) is 5.73 Å². The first-order valence-corrected chi connectivity index (χ1v) is 8.45. The Hall–Kier alpha value is -1.55. The van der Waals surface area contributed by atoms with Gasteiger partial charge < -0.3 is 5.73 Å². The van der Waals surface area contributed by atoms with Crippen LogP contribution >= 0.6 is 23.1 Å². The number of nitrogen functional groups attached to an aromatic ring is 1. The zero-order valence-electron chi connectivity index (χ0n) is 10.2. The summed E-state index contributed by atoms with van der Waals surface area (Å²) in [6.45, 7) is 1.62. The lowest BCUT2D eigenvalue weighted by atomic mass is 10.1. The van der Waals surface area contributed by atoms with Gasteiger partial charge in [0.25, 0.3) is 10.1 Å². The molecule has 0 radical (unpaired) electrons. The van der Waals surface area contributed by atoms with Crippen LogP contribution in [0.3, 0.4) is 0 Å². The van der Waals surface area contributed by atoms with E-state index in [1.54, 1.807) is 19.1 Å². The number of anilines is 1. The van der Waals surface area contributed by atoms with Crippen LogP contribution in [-0.4, -0.2) is 21.7 Å². The van der Waals surface area contributed by atoms with Crippen LogP contribution in [0.5, 0.6) is 0 Å². The lowest BCUT2D eigenvalue weighted by Crippen LogP contribution is -2.01. The monoisotopic (exact) mass is 327 g/mol. The minimum Gasteiger partial charge on any atom is -0.389 e. The number of rotatable bonds is 2. The molecule has 0 atom stereocenters. The summed E-state index contributed by atoms with van der Waals surface area (Å²) in [4.78, 5) is 0.592. The Morgan fingerprint density at radius 3 is 2.70 bits per heavy atom. The molecule has 0 aliphatic rings. The zero-order valence-corrected chi connectivity index (χ0v) is 12.6. The molecular formula is C11H9N3O3S3. The van der Waals surface area contributed by atoms with Crippen molar-refractivity contribution in [2.45, 2.75) is 11.8 Å². The smallest absolute Gasteiger partial charge is 0.294 e. The van der Waals surface area contributed by atoms with Gasteiger partial charge in [0.05, 0.1) is 16.0 Å². The van der Waals surface area contributed by atoms with Gasteiger partial charge in [0.1, 0.15) is 5.00 Å². The van der Waals surface area contributed by atoms with Crippen LogP contribution < -0.4 is 5.73 Å². The Labute approximate surface area is 123 Å². The quantitative estimate of drug-likeness (QED) is 0.701. The predicted molar refractivity (Wildman–Crippen MR) is 79.7 cm³/mol. The molecule has 1 aromatic carbocycles. The van der Waals surface area contributed by atoms with E-state index in [-0.39, 0.29) is 4.90 Å². The van der Waals surface area contributed by atoms with Crippen LogP contribution in [0.15, 0.2) is 23.1 Å². The number of hydrogen-bond acceptors (Lipinski definition) is 7. The summed E-state index contributed by atoms with van der Waals surface area (Å²) in [5.41, 5.74) is 7.51. The predicted octanol–water partition coefficient (Wildman–Crippen LogP) is 2.56. The molecule has 0 fully saturated rings. The van der Waals surface area contributed by atoms with Gasteiger partial charge in [0.15, 0.2) is 4.83 Å². The Morgan fingerprint density at radius 1 is 1.25 bits per heavy atom. The Bertz CT molecular complexity index is 912. The molecule has 6 nitrogen and oxygen atoms in total. The SMILES string of the molecule is Cc1ccc(-c2nsc3nsc(N)c23)cc1S(=O)(=O)O. The summed E-state index contributed by atoms with van der Waals surface area (Å²) in [6.07, 6.45) is 0. The lowest BCUT2D eigenvalue weighted by Gasteiger charge is -2.05. The minimum absolute atomic E-state index is 0.127. The molecule has 0 bridgehead atoms. The second kappa shape index (κ2) is 4.48. The molecule has 3 N–H and O–H groups in total. The summed E-state index contributed by atoms with van der Waals surface area (Å²) >= 11 is 2.38. The number of nitrogens with two attached hydrogens (primary N) is 1. The maximum atomic E-state index is 11.4. The molecule has 0 spiro atoms. The number of nitrogens with zero attached hydrogens (tertiary/aromatic N) is 2. The lowest BCUT2D eigenvalue weighted by molar-refractivity contribution is 0.482. The van der Waals surface area contributed by atoms with Crippen LogP contribution in [0, 0.1) is 6.92 Å². The molecule has 2 heterocycles. The van der Waals surface area contributed by atoms with Crippen molar-refractivity contribution in [3.8, 4) is 11.3 Å². The van der Waals surface area contributed by atoms with E-state index in [0.717, 1.165) is 10.2 Å². The Kier molecular flexibility index (Phi) is 3.01. The summed E-state index contributed by atoms with van der Waals surface area (Å²) in [5, 5.41) is 1.27.